The average Bonchev–Trinajstić information content (AvgIpc) is 3.59. The first kappa shape index (κ1) is 23.6. The number of aryl methyl sites for hydroxylation is 1. The molecule has 1 aromatic carbocycles. The molecule has 0 bridgehead atoms. The standard InChI is InChI=1S/C25H27N3O5S/c1-3-32-18-9-8-17(15-19(18)33-4-2)22-21(23(29)20-7-5-14-34-20)24(30)25(31)28(22)12-6-11-27-13-10-26-16-27/h5,7-10,13-16,22,30H,3-4,6,11-12H2,1-2H3. The molecule has 8 nitrogen and oxygen atoms in total. The van der Waals surface area contributed by atoms with Crippen LogP contribution >= 0.6 is 11.3 Å². The summed E-state index contributed by atoms with van der Waals surface area (Å²) in [4.78, 5) is 32.6. The normalized spacial score (nSPS) is 15.8. The number of imidazole rings is 1. The third-order valence-corrected chi connectivity index (χ3v) is 6.42. The van der Waals surface area contributed by atoms with Crippen LogP contribution in [0.25, 0.3) is 0 Å². The summed E-state index contributed by atoms with van der Waals surface area (Å²) in [5.74, 6) is -0.291. The second-order valence-corrected chi connectivity index (χ2v) is 8.64. The van der Waals surface area contributed by atoms with Gasteiger partial charge in [-0.05, 0) is 49.4 Å². The van der Waals surface area contributed by atoms with Gasteiger partial charge in [-0.3, -0.25) is 9.59 Å². The number of hydrogen-bond donors (Lipinski definition) is 1. The molecule has 3 heterocycles. The third kappa shape index (κ3) is 4.70. The highest BCUT2D eigenvalue weighted by molar-refractivity contribution is 7.12. The topological polar surface area (TPSA) is 93.9 Å². The smallest absolute Gasteiger partial charge is 0.290 e. The molecule has 0 saturated heterocycles. The molecule has 0 saturated carbocycles. The number of carbonyl (C=O) groups is 2. The van der Waals surface area contributed by atoms with Crippen LogP contribution in [0.15, 0.2) is 65.8 Å². The van der Waals surface area contributed by atoms with Crippen LogP contribution in [0, 0.1) is 0 Å². The summed E-state index contributed by atoms with van der Waals surface area (Å²) in [5.41, 5.74) is 0.758. The van der Waals surface area contributed by atoms with E-state index >= 15 is 0 Å². The van der Waals surface area contributed by atoms with Gasteiger partial charge in [-0.2, -0.15) is 0 Å². The Hall–Kier alpha value is -3.59. The molecule has 3 aromatic rings. The van der Waals surface area contributed by atoms with Crippen molar-refractivity contribution in [3.05, 3.63) is 76.2 Å². The first-order valence-corrected chi connectivity index (χ1v) is 12.1. The van der Waals surface area contributed by atoms with E-state index < -0.39 is 17.7 Å². The quantitative estimate of drug-likeness (QED) is 0.408. The van der Waals surface area contributed by atoms with Crippen molar-refractivity contribution in [3.8, 4) is 11.5 Å². The number of aliphatic hydroxyl groups is 1. The van der Waals surface area contributed by atoms with Crippen molar-refractivity contribution in [2.24, 2.45) is 0 Å². The average molecular weight is 482 g/mol. The maximum atomic E-state index is 13.4. The highest BCUT2D eigenvalue weighted by Crippen LogP contribution is 2.42. The Balaban J connectivity index is 1.71. The number of aliphatic hydroxyl groups excluding tert-OH is 1. The van der Waals surface area contributed by atoms with Crippen LogP contribution < -0.4 is 9.47 Å². The molecule has 0 aliphatic carbocycles. The predicted octanol–water partition coefficient (Wildman–Crippen LogP) is 4.41. The first-order chi connectivity index (χ1) is 16.5. The Bertz CT molecular complexity index is 1170. The zero-order chi connectivity index (χ0) is 24.1. The van der Waals surface area contributed by atoms with Gasteiger partial charge >= 0.3 is 0 Å². The van der Waals surface area contributed by atoms with Crippen molar-refractivity contribution >= 4 is 23.0 Å². The molecule has 2 aromatic heterocycles. The predicted molar refractivity (Wildman–Crippen MR) is 128 cm³/mol. The van der Waals surface area contributed by atoms with Crippen LogP contribution in [-0.4, -0.2) is 51.0 Å². The van der Waals surface area contributed by atoms with Crippen molar-refractivity contribution < 1.29 is 24.2 Å². The van der Waals surface area contributed by atoms with Crippen LogP contribution in [0.5, 0.6) is 11.5 Å². The summed E-state index contributed by atoms with van der Waals surface area (Å²) < 4.78 is 13.4. The van der Waals surface area contributed by atoms with E-state index in [0.717, 1.165) is 0 Å². The van der Waals surface area contributed by atoms with Crippen LogP contribution in [0.1, 0.15) is 41.5 Å². The number of ether oxygens (including phenoxy) is 2. The molecule has 1 amide bonds. The van der Waals surface area contributed by atoms with Gasteiger partial charge in [-0.15, -0.1) is 11.3 Å². The number of ketones is 1. The van der Waals surface area contributed by atoms with E-state index in [-0.39, 0.29) is 11.4 Å². The molecule has 0 radical (unpaired) electrons. The second kappa shape index (κ2) is 10.6. The van der Waals surface area contributed by atoms with Gasteiger partial charge in [-0.1, -0.05) is 12.1 Å². The molecule has 178 valence electrons. The Labute approximate surface area is 202 Å². The minimum Gasteiger partial charge on any atom is -0.503 e. The van der Waals surface area contributed by atoms with Crippen LogP contribution in [0.4, 0.5) is 0 Å². The Morgan fingerprint density at radius 1 is 1.15 bits per heavy atom. The van der Waals surface area contributed by atoms with Gasteiger partial charge in [0.25, 0.3) is 5.91 Å². The fraction of sp³-hybridized carbons (Fsp3) is 0.320. The molecule has 1 unspecified atom stereocenters. The Morgan fingerprint density at radius 3 is 2.62 bits per heavy atom. The zero-order valence-corrected chi connectivity index (χ0v) is 20.0. The second-order valence-electron chi connectivity index (χ2n) is 7.70. The molecule has 34 heavy (non-hydrogen) atoms. The number of hydrogen-bond acceptors (Lipinski definition) is 7. The van der Waals surface area contributed by atoms with Gasteiger partial charge in [0.2, 0.25) is 5.78 Å². The monoisotopic (exact) mass is 481 g/mol. The lowest BCUT2D eigenvalue weighted by atomic mass is 9.95. The summed E-state index contributed by atoms with van der Waals surface area (Å²) in [5, 5.41) is 12.6. The van der Waals surface area contributed by atoms with E-state index in [9.17, 15) is 14.7 Å². The number of benzene rings is 1. The lowest BCUT2D eigenvalue weighted by molar-refractivity contribution is -0.129. The molecule has 1 aliphatic rings. The van der Waals surface area contributed by atoms with Crippen molar-refractivity contribution in [1.29, 1.82) is 0 Å². The van der Waals surface area contributed by atoms with Crippen LogP contribution in [-0.2, 0) is 11.3 Å². The molecule has 0 fully saturated rings. The van der Waals surface area contributed by atoms with E-state index in [1.54, 1.807) is 47.1 Å². The number of amides is 1. The molecule has 4 rings (SSSR count). The number of carbonyl (C=O) groups excluding carboxylic acids is 2. The van der Waals surface area contributed by atoms with E-state index in [1.165, 1.54) is 11.3 Å². The lowest BCUT2D eigenvalue weighted by Crippen LogP contribution is -2.32. The Morgan fingerprint density at radius 2 is 1.94 bits per heavy atom. The SMILES string of the molecule is CCOc1ccc(C2C(C(=O)c3cccs3)=C(O)C(=O)N2CCCn2ccnc2)cc1OCC. The fourth-order valence-corrected chi connectivity index (χ4v) is 4.76. The highest BCUT2D eigenvalue weighted by atomic mass is 32.1. The summed E-state index contributed by atoms with van der Waals surface area (Å²) >= 11 is 1.28. The molecule has 1 aliphatic heterocycles. The molecular formula is C25H27N3O5S. The third-order valence-electron chi connectivity index (χ3n) is 5.55. The van der Waals surface area contributed by atoms with Gasteiger partial charge in [0, 0.05) is 25.5 Å². The molecule has 1 atom stereocenters. The van der Waals surface area contributed by atoms with Gasteiger partial charge in [-0.25, -0.2) is 4.98 Å². The molecular weight excluding hydrogens is 454 g/mol. The van der Waals surface area contributed by atoms with E-state index in [4.69, 9.17) is 9.47 Å². The largest absolute Gasteiger partial charge is 0.503 e. The minimum atomic E-state index is -0.736. The van der Waals surface area contributed by atoms with Crippen LogP contribution in [0.3, 0.4) is 0 Å². The summed E-state index contributed by atoms with van der Waals surface area (Å²) in [6.45, 7) is 5.68. The minimum absolute atomic E-state index is 0.0849. The van der Waals surface area contributed by atoms with Crippen molar-refractivity contribution in [1.82, 2.24) is 14.5 Å². The molecule has 0 spiro atoms. The maximum absolute atomic E-state index is 13.4. The summed E-state index contributed by atoms with van der Waals surface area (Å²) in [6, 6.07) is 8.11. The van der Waals surface area contributed by atoms with Crippen LogP contribution in [0.2, 0.25) is 0 Å². The summed E-state index contributed by atoms with van der Waals surface area (Å²) in [7, 11) is 0. The maximum Gasteiger partial charge on any atom is 0.290 e. The lowest BCUT2D eigenvalue weighted by Gasteiger charge is -2.27. The number of thiophene rings is 1. The van der Waals surface area contributed by atoms with Gasteiger partial charge in [0.05, 0.1) is 36.0 Å². The van der Waals surface area contributed by atoms with Crippen molar-refractivity contribution in [2.75, 3.05) is 19.8 Å². The number of aromatic nitrogens is 2. The Kier molecular flexibility index (Phi) is 7.32. The first-order valence-electron chi connectivity index (χ1n) is 11.2. The van der Waals surface area contributed by atoms with E-state index in [0.29, 0.717) is 54.7 Å². The fourth-order valence-electron chi connectivity index (χ4n) is 4.08. The van der Waals surface area contributed by atoms with Gasteiger partial charge < -0.3 is 24.0 Å². The number of nitrogens with zero attached hydrogens (tertiary/aromatic N) is 3. The van der Waals surface area contributed by atoms with Gasteiger partial charge in [0.15, 0.2) is 17.3 Å². The molecule has 9 heteroatoms. The number of rotatable bonds is 11. The zero-order valence-electron chi connectivity index (χ0n) is 19.1. The van der Waals surface area contributed by atoms with Crippen molar-refractivity contribution in [2.45, 2.75) is 32.9 Å². The highest BCUT2D eigenvalue weighted by Gasteiger charge is 2.44. The van der Waals surface area contributed by atoms with E-state index in [2.05, 4.69) is 4.98 Å². The van der Waals surface area contributed by atoms with E-state index in [1.807, 2.05) is 30.7 Å². The van der Waals surface area contributed by atoms with Crippen molar-refractivity contribution in [3.63, 3.8) is 0 Å². The number of Topliss-reactive ketones (excluding diaryl/α,β-unsaturated/α-hetero) is 1. The van der Waals surface area contributed by atoms with Gasteiger partial charge in [0.1, 0.15) is 0 Å². The summed E-state index contributed by atoms with van der Waals surface area (Å²) in [6.07, 6.45) is 5.89. The molecule has 1 N–H and O–H groups in total.